The van der Waals surface area contributed by atoms with E-state index in [1.807, 2.05) is 70.0 Å². The standard InChI is InChI=1S/C46H89N7O6/c1-14-17-19-20-21-39(54)31-36(16-3)42(57)46(6,7)35-37(43(58)49-24-26-53(13)30-28-51(10)11)32-40(55)45(4,5)34-38(44(59)48-22-18-15-2)33-41(56)47-23-25-52(12)29-27-50(8)9/h36-38H,14-35H2,1-13H3,(H,47,56)(H,48,59)(H,49,58). The molecule has 0 aromatic rings. The van der Waals surface area contributed by atoms with Gasteiger partial charge in [0.15, 0.2) is 0 Å². The molecule has 3 amide bonds. The second-order valence-corrected chi connectivity index (χ2v) is 18.9. The molecule has 0 aliphatic rings. The molecule has 0 saturated carbocycles. The molecule has 13 nitrogen and oxygen atoms in total. The van der Waals surface area contributed by atoms with Crippen molar-refractivity contribution in [3.8, 4) is 0 Å². The Morgan fingerprint density at radius 1 is 0.508 bits per heavy atom. The highest BCUT2D eigenvalue weighted by molar-refractivity contribution is 5.93. The minimum Gasteiger partial charge on any atom is -0.356 e. The maximum absolute atomic E-state index is 14.3. The smallest absolute Gasteiger partial charge is 0.223 e. The van der Waals surface area contributed by atoms with Gasteiger partial charge < -0.3 is 35.6 Å². The summed E-state index contributed by atoms with van der Waals surface area (Å²) in [5.74, 6) is -2.98. The molecule has 3 unspecified atom stereocenters. The van der Waals surface area contributed by atoms with E-state index >= 15 is 0 Å². The van der Waals surface area contributed by atoms with Crippen LogP contribution in [0.25, 0.3) is 0 Å². The van der Waals surface area contributed by atoms with E-state index in [9.17, 15) is 28.8 Å². The number of unbranched alkanes of at least 4 members (excludes halogenated alkanes) is 4. The molecule has 13 heteroatoms. The van der Waals surface area contributed by atoms with Crippen LogP contribution in [0.2, 0.25) is 0 Å². The Bertz CT molecular complexity index is 1250. The van der Waals surface area contributed by atoms with Crippen LogP contribution in [0.3, 0.4) is 0 Å². The molecular weight excluding hydrogens is 747 g/mol. The number of carbonyl (C=O) groups excluding carboxylic acids is 6. The fourth-order valence-corrected chi connectivity index (χ4v) is 7.26. The molecule has 0 fully saturated rings. The summed E-state index contributed by atoms with van der Waals surface area (Å²) in [5, 5.41) is 8.98. The van der Waals surface area contributed by atoms with Gasteiger partial charge in [-0.3, -0.25) is 28.8 Å². The monoisotopic (exact) mass is 836 g/mol. The maximum atomic E-state index is 14.3. The number of nitrogens with one attached hydrogen (secondary N) is 3. The molecule has 0 aliphatic heterocycles. The lowest BCUT2D eigenvalue weighted by molar-refractivity contribution is -0.140. The highest BCUT2D eigenvalue weighted by atomic mass is 16.2. The Kier molecular flexibility index (Phi) is 28.9. The first-order valence-electron chi connectivity index (χ1n) is 22.7. The van der Waals surface area contributed by atoms with E-state index in [0.29, 0.717) is 45.6 Å². The number of ketones is 3. The van der Waals surface area contributed by atoms with Crippen molar-refractivity contribution in [2.75, 3.05) is 101 Å². The minimum absolute atomic E-state index is 0.0569. The van der Waals surface area contributed by atoms with Gasteiger partial charge in [-0.2, -0.15) is 0 Å². The lowest BCUT2D eigenvalue weighted by Crippen LogP contribution is -2.43. The largest absolute Gasteiger partial charge is 0.356 e. The Hall–Kier alpha value is -2.74. The van der Waals surface area contributed by atoms with E-state index in [1.165, 1.54) is 0 Å². The van der Waals surface area contributed by atoms with Crippen LogP contribution in [-0.4, -0.2) is 156 Å². The number of hydrogen-bond donors (Lipinski definition) is 3. The summed E-state index contributed by atoms with van der Waals surface area (Å²) in [5.41, 5.74) is -2.02. The van der Waals surface area contributed by atoms with Gasteiger partial charge in [-0.15, -0.1) is 0 Å². The van der Waals surface area contributed by atoms with E-state index in [1.54, 1.807) is 13.8 Å². The third-order valence-corrected chi connectivity index (χ3v) is 11.5. The van der Waals surface area contributed by atoms with Crippen LogP contribution in [0.5, 0.6) is 0 Å². The molecule has 0 heterocycles. The molecule has 0 spiro atoms. The van der Waals surface area contributed by atoms with Gasteiger partial charge in [0.2, 0.25) is 17.7 Å². The zero-order valence-electron chi connectivity index (χ0n) is 40.0. The van der Waals surface area contributed by atoms with Crippen LogP contribution in [-0.2, 0) is 28.8 Å². The normalized spacial score (nSPS) is 13.8. The molecular formula is C46H89N7O6. The van der Waals surface area contributed by atoms with Gasteiger partial charge in [-0.1, -0.05) is 74.1 Å². The summed E-state index contributed by atoms with van der Waals surface area (Å²) in [6.45, 7) is 19.4. The first-order valence-corrected chi connectivity index (χ1v) is 22.7. The van der Waals surface area contributed by atoms with Gasteiger partial charge in [0, 0.05) is 113 Å². The van der Waals surface area contributed by atoms with Gasteiger partial charge in [0.1, 0.15) is 17.3 Å². The van der Waals surface area contributed by atoms with Crippen molar-refractivity contribution in [3.05, 3.63) is 0 Å². The molecule has 3 N–H and O–H groups in total. The molecule has 3 atom stereocenters. The quantitative estimate of drug-likeness (QED) is 0.0732. The van der Waals surface area contributed by atoms with Gasteiger partial charge in [-0.05, 0) is 74.4 Å². The lowest BCUT2D eigenvalue weighted by atomic mass is 9.70. The Morgan fingerprint density at radius 2 is 1.00 bits per heavy atom. The maximum Gasteiger partial charge on any atom is 0.223 e. The number of nitrogens with zero attached hydrogens (tertiary/aromatic N) is 4. The van der Waals surface area contributed by atoms with Gasteiger partial charge in [0.25, 0.3) is 0 Å². The average molecular weight is 836 g/mol. The zero-order chi connectivity index (χ0) is 45.2. The molecule has 59 heavy (non-hydrogen) atoms. The number of hydrogen-bond acceptors (Lipinski definition) is 10. The molecule has 0 rings (SSSR count). The van der Waals surface area contributed by atoms with Crippen molar-refractivity contribution in [3.63, 3.8) is 0 Å². The van der Waals surface area contributed by atoms with Crippen LogP contribution in [0.1, 0.15) is 132 Å². The third kappa shape index (κ3) is 25.6. The molecule has 0 saturated heterocycles. The van der Waals surface area contributed by atoms with Crippen LogP contribution in [0.15, 0.2) is 0 Å². The van der Waals surface area contributed by atoms with Crippen LogP contribution in [0, 0.1) is 28.6 Å². The number of likely N-dealkylation sites (N-methyl/N-ethyl adjacent to an activating group) is 4. The fourth-order valence-electron chi connectivity index (χ4n) is 7.26. The van der Waals surface area contributed by atoms with Crippen LogP contribution in [0.4, 0.5) is 0 Å². The van der Waals surface area contributed by atoms with Gasteiger partial charge in [0.05, 0.1) is 0 Å². The number of carbonyl (C=O) groups is 6. The Labute approximate surface area is 360 Å². The molecule has 0 bridgehead atoms. The number of amides is 3. The summed E-state index contributed by atoms with van der Waals surface area (Å²) < 4.78 is 0. The molecule has 0 aromatic carbocycles. The van der Waals surface area contributed by atoms with Gasteiger partial charge >= 0.3 is 0 Å². The summed E-state index contributed by atoms with van der Waals surface area (Å²) in [6, 6.07) is 0. The predicted octanol–water partition coefficient (Wildman–Crippen LogP) is 5.06. The first-order chi connectivity index (χ1) is 27.6. The van der Waals surface area contributed by atoms with E-state index < -0.39 is 28.6 Å². The van der Waals surface area contributed by atoms with E-state index in [4.69, 9.17) is 0 Å². The Morgan fingerprint density at radius 3 is 1.51 bits per heavy atom. The van der Waals surface area contributed by atoms with Gasteiger partial charge in [-0.25, -0.2) is 0 Å². The van der Waals surface area contributed by atoms with E-state index in [0.717, 1.165) is 64.7 Å². The summed E-state index contributed by atoms with van der Waals surface area (Å²) in [7, 11) is 12.1. The SMILES string of the molecule is CCCCCCC(=O)CC(CC)C(=O)C(C)(C)CC(CC(=O)C(C)(C)CC(CC(=O)NCCN(C)CCN(C)C)C(=O)NCCCC)C(=O)NCCN(C)CCN(C)C. The highest BCUT2D eigenvalue weighted by Crippen LogP contribution is 2.37. The lowest BCUT2D eigenvalue weighted by Gasteiger charge is -2.33. The third-order valence-electron chi connectivity index (χ3n) is 11.5. The van der Waals surface area contributed by atoms with Crippen molar-refractivity contribution in [1.82, 2.24) is 35.6 Å². The number of rotatable bonds is 36. The average Bonchev–Trinajstić information content (AvgIpc) is 3.15. The van der Waals surface area contributed by atoms with Crippen molar-refractivity contribution in [2.45, 2.75) is 132 Å². The summed E-state index contributed by atoms with van der Waals surface area (Å²) in [4.78, 5) is 90.6. The topological polar surface area (TPSA) is 151 Å². The fraction of sp³-hybridized carbons (Fsp3) is 0.870. The van der Waals surface area contributed by atoms with Crippen molar-refractivity contribution >= 4 is 35.1 Å². The minimum atomic E-state index is -1.05. The molecule has 0 aromatic heterocycles. The van der Waals surface area contributed by atoms with Crippen LogP contribution < -0.4 is 16.0 Å². The van der Waals surface area contributed by atoms with Crippen molar-refractivity contribution in [1.29, 1.82) is 0 Å². The second kappa shape index (κ2) is 30.3. The van der Waals surface area contributed by atoms with Crippen LogP contribution >= 0.6 is 0 Å². The predicted molar refractivity (Wildman–Crippen MR) is 241 cm³/mol. The summed E-state index contributed by atoms with van der Waals surface area (Å²) in [6.07, 6.45) is 6.97. The van der Waals surface area contributed by atoms with E-state index in [2.05, 4.69) is 42.5 Å². The molecule has 0 radical (unpaired) electrons. The van der Waals surface area contributed by atoms with Crippen molar-refractivity contribution in [2.24, 2.45) is 28.6 Å². The first kappa shape index (κ1) is 56.3. The summed E-state index contributed by atoms with van der Waals surface area (Å²) >= 11 is 0. The highest BCUT2D eigenvalue weighted by Gasteiger charge is 2.41. The second-order valence-electron chi connectivity index (χ2n) is 18.9. The molecule has 0 aliphatic carbocycles. The Balaban J connectivity index is 6.20. The number of Topliss-reactive ketones (excluding diaryl/α,β-unsaturated/α-hetero) is 3. The molecule has 344 valence electrons. The zero-order valence-corrected chi connectivity index (χ0v) is 40.0. The van der Waals surface area contributed by atoms with Crippen molar-refractivity contribution < 1.29 is 28.8 Å². The van der Waals surface area contributed by atoms with E-state index in [-0.39, 0.29) is 67.2 Å².